The van der Waals surface area contributed by atoms with Gasteiger partial charge in [-0.05, 0) is 48.2 Å². The van der Waals surface area contributed by atoms with Crippen LogP contribution in [0.2, 0.25) is 0 Å². The number of hydrogen-bond donors (Lipinski definition) is 3. The van der Waals surface area contributed by atoms with Crippen molar-refractivity contribution in [3.8, 4) is 5.75 Å². The third-order valence-electron chi connectivity index (χ3n) is 4.28. The zero-order chi connectivity index (χ0) is 16.4. The summed E-state index contributed by atoms with van der Waals surface area (Å²) in [5.41, 5.74) is 1.42. The number of aromatic hydroxyl groups is 1. The van der Waals surface area contributed by atoms with Gasteiger partial charge in [-0.25, -0.2) is 0 Å². The molecule has 0 bridgehead atoms. The van der Waals surface area contributed by atoms with Crippen molar-refractivity contribution in [2.45, 2.75) is 19.3 Å². The molecule has 118 valence electrons. The van der Waals surface area contributed by atoms with E-state index in [2.05, 4.69) is 5.32 Å². The van der Waals surface area contributed by atoms with Crippen LogP contribution < -0.4 is 5.32 Å². The van der Waals surface area contributed by atoms with E-state index in [1.807, 2.05) is 24.3 Å². The lowest BCUT2D eigenvalue weighted by molar-refractivity contribution is -0.150. The first-order valence-corrected chi connectivity index (χ1v) is 7.38. The van der Waals surface area contributed by atoms with Gasteiger partial charge < -0.3 is 15.5 Å². The molecule has 0 aromatic heterocycles. The number of hydrogen-bond acceptors (Lipinski definition) is 3. The number of anilines is 1. The molecule has 0 atom stereocenters. The molecular weight excluding hydrogens is 294 g/mol. The van der Waals surface area contributed by atoms with Crippen LogP contribution in [0.15, 0.2) is 48.5 Å². The molecule has 0 fully saturated rings. The van der Waals surface area contributed by atoms with E-state index in [0.717, 1.165) is 11.1 Å². The zero-order valence-electron chi connectivity index (χ0n) is 12.5. The number of carboxylic acids is 1. The highest BCUT2D eigenvalue weighted by Gasteiger charge is 2.45. The summed E-state index contributed by atoms with van der Waals surface area (Å²) in [7, 11) is 0. The van der Waals surface area contributed by atoms with Crippen molar-refractivity contribution >= 4 is 17.6 Å². The van der Waals surface area contributed by atoms with E-state index in [9.17, 15) is 19.8 Å². The van der Waals surface area contributed by atoms with Crippen molar-refractivity contribution in [3.63, 3.8) is 0 Å². The molecule has 2 aromatic carbocycles. The molecule has 3 N–H and O–H groups in total. The predicted octanol–water partition coefficient (Wildman–Crippen LogP) is 2.59. The summed E-state index contributed by atoms with van der Waals surface area (Å²) in [6, 6.07) is 13.7. The van der Waals surface area contributed by atoms with Gasteiger partial charge >= 0.3 is 5.97 Å². The van der Waals surface area contributed by atoms with Gasteiger partial charge in [-0.2, -0.15) is 0 Å². The number of phenolic OH excluding ortho intramolecular Hbond substituents is 1. The van der Waals surface area contributed by atoms with E-state index in [0.29, 0.717) is 18.5 Å². The molecule has 2 aromatic rings. The smallest absolute Gasteiger partial charge is 0.310 e. The average molecular weight is 311 g/mol. The molecule has 0 radical (unpaired) electrons. The Morgan fingerprint density at radius 1 is 1.00 bits per heavy atom. The minimum Gasteiger partial charge on any atom is -0.508 e. The van der Waals surface area contributed by atoms with E-state index in [4.69, 9.17) is 0 Å². The molecule has 0 aliphatic heterocycles. The fourth-order valence-corrected chi connectivity index (χ4v) is 3.10. The van der Waals surface area contributed by atoms with Crippen LogP contribution in [-0.2, 0) is 22.4 Å². The molecule has 0 unspecified atom stereocenters. The van der Waals surface area contributed by atoms with Gasteiger partial charge in [-0.15, -0.1) is 0 Å². The van der Waals surface area contributed by atoms with E-state index >= 15 is 0 Å². The zero-order valence-corrected chi connectivity index (χ0v) is 12.5. The minimum atomic E-state index is -1.09. The second-order valence-corrected chi connectivity index (χ2v) is 5.98. The van der Waals surface area contributed by atoms with Gasteiger partial charge in [-0.1, -0.05) is 24.3 Å². The van der Waals surface area contributed by atoms with Crippen LogP contribution in [0.5, 0.6) is 5.75 Å². The first kappa shape index (κ1) is 15.1. The molecule has 23 heavy (non-hydrogen) atoms. The predicted molar refractivity (Wildman–Crippen MR) is 85.3 cm³/mol. The Hall–Kier alpha value is -2.82. The largest absolute Gasteiger partial charge is 0.508 e. The average Bonchev–Trinajstić information content (AvgIpc) is 2.89. The molecule has 0 heterocycles. The molecule has 0 saturated heterocycles. The number of phenols is 1. The van der Waals surface area contributed by atoms with Crippen LogP contribution in [0.4, 0.5) is 5.69 Å². The standard InChI is InChI=1S/C18H17NO4/c20-15-7-5-14(6-8-15)19-16(21)11-18(17(22)23)9-12-3-1-2-4-13(12)10-18/h1-8,20H,9-11H2,(H,19,21)(H,22,23). The normalized spacial score (nSPS) is 15.0. The van der Waals surface area contributed by atoms with Crippen molar-refractivity contribution in [1.29, 1.82) is 0 Å². The molecule has 0 spiro atoms. The number of aliphatic carboxylic acids is 1. The van der Waals surface area contributed by atoms with Crippen molar-refractivity contribution in [2.75, 3.05) is 5.32 Å². The number of nitrogens with one attached hydrogen (secondary N) is 1. The highest BCUT2D eigenvalue weighted by atomic mass is 16.4. The van der Waals surface area contributed by atoms with Crippen molar-refractivity contribution in [2.24, 2.45) is 5.41 Å². The highest BCUT2D eigenvalue weighted by Crippen LogP contribution is 2.40. The van der Waals surface area contributed by atoms with Crippen molar-refractivity contribution in [3.05, 3.63) is 59.7 Å². The molecule has 1 aliphatic rings. The third-order valence-corrected chi connectivity index (χ3v) is 4.28. The lowest BCUT2D eigenvalue weighted by atomic mass is 9.81. The molecule has 1 aliphatic carbocycles. The summed E-state index contributed by atoms with van der Waals surface area (Å²) in [5.74, 6) is -1.18. The number of carboxylic acid groups (broad SMARTS) is 1. The van der Waals surface area contributed by atoms with Gasteiger partial charge in [0.1, 0.15) is 5.75 Å². The second kappa shape index (κ2) is 5.76. The quantitative estimate of drug-likeness (QED) is 0.757. The summed E-state index contributed by atoms with van der Waals surface area (Å²) in [4.78, 5) is 24.1. The Labute approximate surface area is 133 Å². The first-order chi connectivity index (χ1) is 11.0. The Bertz CT molecular complexity index is 727. The topological polar surface area (TPSA) is 86.6 Å². The number of benzene rings is 2. The maximum atomic E-state index is 12.3. The van der Waals surface area contributed by atoms with E-state index in [-0.39, 0.29) is 18.1 Å². The summed E-state index contributed by atoms with van der Waals surface area (Å²) in [6.45, 7) is 0. The SMILES string of the molecule is O=C(CC1(C(=O)O)Cc2ccccc2C1)Nc1ccc(O)cc1. The van der Waals surface area contributed by atoms with Crippen LogP contribution in [0, 0.1) is 5.41 Å². The molecular formula is C18H17NO4. The van der Waals surface area contributed by atoms with Crippen LogP contribution in [-0.4, -0.2) is 22.1 Å². The van der Waals surface area contributed by atoms with E-state index in [1.165, 1.54) is 12.1 Å². The second-order valence-electron chi connectivity index (χ2n) is 5.98. The van der Waals surface area contributed by atoms with Crippen LogP contribution in [0.3, 0.4) is 0 Å². The third kappa shape index (κ3) is 3.04. The van der Waals surface area contributed by atoms with E-state index < -0.39 is 11.4 Å². The number of amides is 1. The van der Waals surface area contributed by atoms with Gasteiger partial charge in [0.2, 0.25) is 5.91 Å². The Morgan fingerprint density at radius 2 is 1.57 bits per heavy atom. The minimum absolute atomic E-state index is 0.0854. The Morgan fingerprint density at radius 3 is 2.09 bits per heavy atom. The van der Waals surface area contributed by atoms with Crippen LogP contribution in [0.25, 0.3) is 0 Å². The first-order valence-electron chi connectivity index (χ1n) is 7.38. The van der Waals surface area contributed by atoms with Crippen molar-refractivity contribution in [1.82, 2.24) is 0 Å². The molecule has 5 nitrogen and oxygen atoms in total. The molecule has 3 rings (SSSR count). The van der Waals surface area contributed by atoms with Gasteiger partial charge in [0.05, 0.1) is 5.41 Å². The summed E-state index contributed by atoms with van der Waals surface area (Å²) in [5, 5.41) is 21.6. The van der Waals surface area contributed by atoms with Gasteiger partial charge in [0, 0.05) is 12.1 Å². The summed E-state index contributed by atoms with van der Waals surface area (Å²) < 4.78 is 0. The lowest BCUT2D eigenvalue weighted by Gasteiger charge is -2.23. The number of carbonyl (C=O) groups excluding carboxylic acids is 1. The fraction of sp³-hybridized carbons (Fsp3) is 0.222. The maximum absolute atomic E-state index is 12.3. The fourth-order valence-electron chi connectivity index (χ4n) is 3.10. The van der Waals surface area contributed by atoms with E-state index in [1.54, 1.807) is 12.1 Å². The van der Waals surface area contributed by atoms with Crippen LogP contribution in [0.1, 0.15) is 17.5 Å². The number of fused-ring (bicyclic) bond motifs is 1. The Kier molecular flexibility index (Phi) is 3.78. The molecule has 1 amide bonds. The van der Waals surface area contributed by atoms with Gasteiger partial charge in [0.25, 0.3) is 0 Å². The maximum Gasteiger partial charge on any atom is 0.310 e. The number of rotatable bonds is 4. The summed E-state index contributed by atoms with van der Waals surface area (Å²) in [6.07, 6.45) is 0.640. The summed E-state index contributed by atoms with van der Waals surface area (Å²) >= 11 is 0. The lowest BCUT2D eigenvalue weighted by Crippen LogP contribution is -2.36. The Balaban J connectivity index is 1.75. The monoisotopic (exact) mass is 311 g/mol. The van der Waals surface area contributed by atoms with Gasteiger partial charge in [0.15, 0.2) is 0 Å². The highest BCUT2D eigenvalue weighted by molar-refractivity contribution is 5.94. The van der Waals surface area contributed by atoms with Crippen LogP contribution >= 0.6 is 0 Å². The number of carbonyl (C=O) groups is 2. The van der Waals surface area contributed by atoms with Gasteiger partial charge in [-0.3, -0.25) is 9.59 Å². The molecule has 0 saturated carbocycles. The molecule has 5 heteroatoms. The van der Waals surface area contributed by atoms with Crippen molar-refractivity contribution < 1.29 is 19.8 Å².